The second-order valence-electron chi connectivity index (χ2n) is 8.80. The first-order valence-electron chi connectivity index (χ1n) is 10.4. The van der Waals surface area contributed by atoms with Crippen LogP contribution in [0.4, 0.5) is 23.7 Å². The van der Waals surface area contributed by atoms with Gasteiger partial charge in [0.2, 0.25) is 0 Å². The van der Waals surface area contributed by atoms with Crippen LogP contribution in [0.1, 0.15) is 41.5 Å². The molecule has 1 heterocycles. The predicted octanol–water partition coefficient (Wildman–Crippen LogP) is 5.63. The molecule has 0 aliphatic carbocycles. The lowest BCUT2D eigenvalue weighted by Crippen LogP contribution is -2.55. The number of hydrogen-bond acceptors (Lipinski definition) is 5. The van der Waals surface area contributed by atoms with Crippen molar-refractivity contribution in [3.8, 4) is 5.75 Å². The summed E-state index contributed by atoms with van der Waals surface area (Å²) in [6, 6.07) is 5.73. The van der Waals surface area contributed by atoms with Crippen molar-refractivity contribution in [1.29, 1.82) is 0 Å². The monoisotopic (exact) mass is 455 g/mol. The second-order valence-corrected chi connectivity index (χ2v) is 8.80. The van der Waals surface area contributed by atoms with Gasteiger partial charge >= 0.3 is 12.5 Å². The van der Waals surface area contributed by atoms with Gasteiger partial charge in [-0.2, -0.15) is 0 Å². The highest BCUT2D eigenvalue weighted by atomic mass is 19.4. The normalized spacial score (nSPS) is 20.6. The SMILES string of the molecule is C/C(=C/CN/C=C1\C(C)C(C)N1C(=O)OC(C)(C)C)N(C)c1ccc(OC(F)(F)F)cc1. The fourth-order valence-corrected chi connectivity index (χ4v) is 3.21. The van der Waals surface area contributed by atoms with Gasteiger partial charge in [0.15, 0.2) is 0 Å². The Hall–Kier alpha value is -2.84. The Kier molecular flexibility index (Phi) is 7.74. The van der Waals surface area contributed by atoms with Gasteiger partial charge in [0.1, 0.15) is 11.4 Å². The molecule has 0 bridgehead atoms. The van der Waals surface area contributed by atoms with Crippen LogP contribution in [0.25, 0.3) is 0 Å². The molecule has 0 aromatic heterocycles. The number of carbonyl (C=O) groups is 1. The van der Waals surface area contributed by atoms with Crippen LogP contribution < -0.4 is 15.0 Å². The maximum atomic E-state index is 12.4. The second kappa shape index (κ2) is 9.75. The summed E-state index contributed by atoms with van der Waals surface area (Å²) in [6.45, 7) is 12.0. The molecule has 9 heteroatoms. The lowest BCUT2D eigenvalue weighted by Gasteiger charge is -2.47. The summed E-state index contributed by atoms with van der Waals surface area (Å²) in [6.07, 6.45) is -1.30. The zero-order valence-electron chi connectivity index (χ0n) is 19.6. The van der Waals surface area contributed by atoms with Crippen molar-refractivity contribution < 1.29 is 27.4 Å². The van der Waals surface area contributed by atoms with E-state index in [9.17, 15) is 18.0 Å². The molecule has 1 N–H and O–H groups in total. The fraction of sp³-hybridized carbons (Fsp3) is 0.522. The largest absolute Gasteiger partial charge is 0.573 e. The average Bonchev–Trinajstić information content (AvgIpc) is 2.66. The molecule has 0 radical (unpaired) electrons. The number of alkyl halides is 3. The van der Waals surface area contributed by atoms with Gasteiger partial charge in [0.05, 0.1) is 0 Å². The molecule has 1 aromatic rings. The van der Waals surface area contributed by atoms with Crippen LogP contribution in [0.2, 0.25) is 0 Å². The van der Waals surface area contributed by atoms with Crippen molar-refractivity contribution in [3.63, 3.8) is 0 Å². The third kappa shape index (κ3) is 6.83. The van der Waals surface area contributed by atoms with E-state index in [0.29, 0.717) is 6.54 Å². The Morgan fingerprint density at radius 1 is 1.19 bits per heavy atom. The topological polar surface area (TPSA) is 54.0 Å². The van der Waals surface area contributed by atoms with Gasteiger partial charge in [-0.3, -0.25) is 4.90 Å². The summed E-state index contributed by atoms with van der Waals surface area (Å²) < 4.78 is 46.3. The van der Waals surface area contributed by atoms with Gasteiger partial charge in [0.25, 0.3) is 0 Å². The third-order valence-corrected chi connectivity index (χ3v) is 5.22. The minimum Gasteiger partial charge on any atom is -0.443 e. The van der Waals surface area contributed by atoms with Crippen molar-refractivity contribution in [2.45, 2.75) is 59.5 Å². The van der Waals surface area contributed by atoms with Crippen LogP contribution in [0.5, 0.6) is 5.75 Å². The molecule has 0 saturated carbocycles. The van der Waals surface area contributed by atoms with Crippen LogP contribution in [-0.4, -0.2) is 42.6 Å². The van der Waals surface area contributed by atoms with E-state index < -0.39 is 12.0 Å². The number of likely N-dealkylation sites (tertiary alicyclic amines) is 1. The molecule has 0 spiro atoms. The minimum absolute atomic E-state index is 0.0607. The smallest absolute Gasteiger partial charge is 0.443 e. The quantitative estimate of drug-likeness (QED) is 0.564. The Morgan fingerprint density at radius 3 is 2.31 bits per heavy atom. The van der Waals surface area contributed by atoms with Crippen LogP contribution in [0.3, 0.4) is 0 Å². The highest BCUT2D eigenvalue weighted by Crippen LogP contribution is 2.36. The minimum atomic E-state index is -4.71. The standard InChI is InChI=1S/C23H32F3N3O3/c1-15(28(7)18-8-10-19(11-9-18)31-23(24,25)26)12-13-27-14-20-16(2)17(3)29(20)21(30)32-22(4,5)6/h8-12,14,16-17,27H,13H2,1-7H3/b15-12-,20-14+. The van der Waals surface area contributed by atoms with Crippen molar-refractivity contribution in [3.05, 3.63) is 47.9 Å². The summed E-state index contributed by atoms with van der Waals surface area (Å²) >= 11 is 0. The number of rotatable bonds is 6. The van der Waals surface area contributed by atoms with E-state index in [1.807, 2.05) is 58.8 Å². The van der Waals surface area contributed by atoms with Crippen LogP contribution >= 0.6 is 0 Å². The molecule has 6 nitrogen and oxygen atoms in total. The van der Waals surface area contributed by atoms with E-state index in [-0.39, 0.29) is 23.8 Å². The molecule has 1 aromatic carbocycles. The molecule has 1 amide bonds. The van der Waals surface area contributed by atoms with Crippen molar-refractivity contribution in [2.75, 3.05) is 18.5 Å². The number of amides is 1. The Bertz CT molecular complexity index is 858. The van der Waals surface area contributed by atoms with Crippen LogP contribution in [-0.2, 0) is 4.74 Å². The first-order valence-corrected chi connectivity index (χ1v) is 10.4. The van der Waals surface area contributed by atoms with E-state index in [0.717, 1.165) is 17.1 Å². The molecule has 178 valence electrons. The number of benzene rings is 1. The number of ether oxygens (including phenoxy) is 2. The molecule has 1 fully saturated rings. The number of carbonyl (C=O) groups excluding carboxylic acids is 1. The van der Waals surface area contributed by atoms with E-state index in [1.165, 1.54) is 12.1 Å². The highest BCUT2D eigenvalue weighted by molar-refractivity contribution is 5.73. The summed E-state index contributed by atoms with van der Waals surface area (Å²) in [7, 11) is 1.82. The first kappa shape index (κ1) is 25.4. The Balaban J connectivity index is 1.95. The average molecular weight is 456 g/mol. The van der Waals surface area contributed by atoms with Crippen LogP contribution in [0.15, 0.2) is 47.9 Å². The number of nitrogens with zero attached hydrogens (tertiary/aromatic N) is 2. The van der Waals surface area contributed by atoms with Crippen molar-refractivity contribution >= 4 is 11.8 Å². The third-order valence-electron chi connectivity index (χ3n) is 5.22. The first-order chi connectivity index (χ1) is 14.7. The Morgan fingerprint density at radius 2 is 1.78 bits per heavy atom. The number of halogens is 3. The molecule has 32 heavy (non-hydrogen) atoms. The van der Waals surface area contributed by atoms with Gasteiger partial charge in [-0.25, -0.2) is 4.79 Å². The fourth-order valence-electron chi connectivity index (χ4n) is 3.21. The lowest BCUT2D eigenvalue weighted by atomic mass is 9.88. The molecule has 2 atom stereocenters. The van der Waals surface area contributed by atoms with Crippen molar-refractivity contribution in [1.82, 2.24) is 10.2 Å². The summed E-state index contributed by atoms with van der Waals surface area (Å²) in [5.74, 6) is -0.0387. The molecule has 2 rings (SSSR count). The van der Waals surface area contributed by atoms with Crippen LogP contribution in [0, 0.1) is 5.92 Å². The molecular formula is C23H32F3N3O3. The number of hydrogen-bond donors (Lipinski definition) is 1. The molecule has 2 unspecified atom stereocenters. The predicted molar refractivity (Wildman–Crippen MR) is 118 cm³/mol. The van der Waals surface area contributed by atoms with E-state index in [1.54, 1.807) is 17.0 Å². The van der Waals surface area contributed by atoms with E-state index in [2.05, 4.69) is 17.0 Å². The highest BCUT2D eigenvalue weighted by Gasteiger charge is 2.43. The van der Waals surface area contributed by atoms with Gasteiger partial charge in [0, 0.05) is 48.8 Å². The van der Waals surface area contributed by atoms with Gasteiger partial charge in [-0.1, -0.05) is 6.92 Å². The summed E-state index contributed by atoms with van der Waals surface area (Å²) in [5, 5.41) is 3.20. The zero-order valence-corrected chi connectivity index (χ0v) is 19.6. The molecule has 1 aliphatic rings. The van der Waals surface area contributed by atoms with Crippen molar-refractivity contribution in [2.24, 2.45) is 5.92 Å². The van der Waals surface area contributed by atoms with E-state index in [4.69, 9.17) is 4.74 Å². The molecule has 1 aliphatic heterocycles. The summed E-state index contributed by atoms with van der Waals surface area (Å²) in [5.41, 5.74) is 1.94. The molecular weight excluding hydrogens is 423 g/mol. The van der Waals surface area contributed by atoms with Gasteiger partial charge in [-0.15, -0.1) is 13.2 Å². The number of allylic oxidation sites excluding steroid dienone is 1. The Labute approximate surface area is 187 Å². The lowest BCUT2D eigenvalue weighted by molar-refractivity contribution is -0.274. The summed E-state index contributed by atoms with van der Waals surface area (Å²) in [4.78, 5) is 15.9. The zero-order chi connectivity index (χ0) is 24.3. The maximum absolute atomic E-state index is 12.4. The number of nitrogens with one attached hydrogen (secondary N) is 1. The van der Waals surface area contributed by atoms with Gasteiger partial charge in [-0.05, 0) is 65.0 Å². The maximum Gasteiger partial charge on any atom is 0.573 e. The number of anilines is 1. The molecule has 1 saturated heterocycles. The van der Waals surface area contributed by atoms with Gasteiger partial charge < -0.3 is 19.7 Å². The van der Waals surface area contributed by atoms with E-state index >= 15 is 0 Å².